The van der Waals surface area contributed by atoms with Gasteiger partial charge >= 0.3 is 0 Å². The van der Waals surface area contributed by atoms with Crippen LogP contribution in [0, 0.1) is 12.3 Å². The standard InChI is InChI=1S/C14H17NO2/c1-4-10-15(11-5-2)14(16)12-6-8-13(17-3)9-7-12/h1,6-9H,5,10-11H2,2-3H3. The van der Waals surface area contributed by atoms with Gasteiger partial charge in [-0.1, -0.05) is 12.8 Å². The van der Waals surface area contributed by atoms with Crippen molar-refractivity contribution in [3.8, 4) is 18.1 Å². The second-order valence-corrected chi connectivity index (χ2v) is 3.66. The molecule has 90 valence electrons. The number of carbonyl (C=O) groups is 1. The quantitative estimate of drug-likeness (QED) is 0.727. The Morgan fingerprint density at radius 1 is 1.41 bits per heavy atom. The number of carbonyl (C=O) groups excluding carboxylic acids is 1. The lowest BCUT2D eigenvalue weighted by Gasteiger charge is -2.19. The summed E-state index contributed by atoms with van der Waals surface area (Å²) < 4.78 is 5.05. The highest BCUT2D eigenvalue weighted by Gasteiger charge is 2.13. The second-order valence-electron chi connectivity index (χ2n) is 3.66. The molecule has 0 aliphatic carbocycles. The summed E-state index contributed by atoms with van der Waals surface area (Å²) in [6, 6.07) is 7.04. The summed E-state index contributed by atoms with van der Waals surface area (Å²) in [5.41, 5.74) is 0.634. The lowest BCUT2D eigenvalue weighted by molar-refractivity contribution is 0.0777. The number of hydrogen-bond acceptors (Lipinski definition) is 2. The van der Waals surface area contributed by atoms with E-state index in [1.165, 1.54) is 0 Å². The third kappa shape index (κ3) is 3.53. The van der Waals surface area contributed by atoms with Gasteiger partial charge in [0.25, 0.3) is 5.91 Å². The van der Waals surface area contributed by atoms with Crippen LogP contribution >= 0.6 is 0 Å². The van der Waals surface area contributed by atoms with E-state index < -0.39 is 0 Å². The number of rotatable bonds is 5. The molecule has 0 radical (unpaired) electrons. The minimum atomic E-state index is -0.0348. The van der Waals surface area contributed by atoms with E-state index in [0.717, 1.165) is 12.2 Å². The van der Waals surface area contributed by atoms with E-state index in [-0.39, 0.29) is 5.91 Å². The molecular formula is C14H17NO2. The van der Waals surface area contributed by atoms with Gasteiger partial charge in [-0.05, 0) is 30.7 Å². The van der Waals surface area contributed by atoms with Crippen molar-refractivity contribution in [2.75, 3.05) is 20.2 Å². The number of methoxy groups -OCH3 is 1. The second kappa shape index (κ2) is 6.59. The molecule has 0 fully saturated rings. The van der Waals surface area contributed by atoms with Crippen molar-refractivity contribution in [2.24, 2.45) is 0 Å². The van der Waals surface area contributed by atoms with Gasteiger partial charge in [0.15, 0.2) is 0 Å². The fourth-order valence-electron chi connectivity index (χ4n) is 1.55. The lowest BCUT2D eigenvalue weighted by atomic mass is 10.2. The van der Waals surface area contributed by atoms with E-state index in [9.17, 15) is 4.79 Å². The van der Waals surface area contributed by atoms with Crippen LogP contribution < -0.4 is 4.74 Å². The zero-order valence-corrected chi connectivity index (χ0v) is 10.3. The molecule has 0 heterocycles. The maximum atomic E-state index is 12.1. The predicted molar refractivity (Wildman–Crippen MR) is 68.0 cm³/mol. The molecule has 0 N–H and O–H groups in total. The van der Waals surface area contributed by atoms with Crippen LogP contribution in [0.3, 0.4) is 0 Å². The van der Waals surface area contributed by atoms with Crippen molar-refractivity contribution < 1.29 is 9.53 Å². The minimum absolute atomic E-state index is 0.0348. The van der Waals surface area contributed by atoms with E-state index in [1.807, 2.05) is 6.92 Å². The van der Waals surface area contributed by atoms with Crippen LogP contribution in [-0.4, -0.2) is 31.0 Å². The molecule has 1 amide bonds. The summed E-state index contributed by atoms with van der Waals surface area (Å²) in [7, 11) is 1.60. The molecule has 3 nitrogen and oxygen atoms in total. The van der Waals surface area contributed by atoms with Crippen LogP contribution in [-0.2, 0) is 0 Å². The number of nitrogens with zero attached hydrogens (tertiary/aromatic N) is 1. The molecule has 0 unspecified atom stereocenters. The van der Waals surface area contributed by atoms with Gasteiger partial charge in [0.2, 0.25) is 0 Å². The molecule has 1 aromatic rings. The van der Waals surface area contributed by atoms with Gasteiger partial charge < -0.3 is 9.64 Å². The smallest absolute Gasteiger partial charge is 0.254 e. The van der Waals surface area contributed by atoms with Crippen LogP contribution in [0.5, 0.6) is 5.75 Å². The van der Waals surface area contributed by atoms with E-state index in [2.05, 4.69) is 5.92 Å². The van der Waals surface area contributed by atoms with Gasteiger partial charge in [-0.15, -0.1) is 6.42 Å². The molecule has 0 aliphatic heterocycles. The lowest BCUT2D eigenvalue weighted by Crippen LogP contribution is -2.32. The fourth-order valence-corrected chi connectivity index (χ4v) is 1.55. The molecule has 3 heteroatoms. The van der Waals surface area contributed by atoms with Gasteiger partial charge in [0.1, 0.15) is 5.75 Å². The molecule has 1 aromatic carbocycles. The summed E-state index contributed by atoms with van der Waals surface area (Å²) in [5.74, 6) is 3.21. The van der Waals surface area contributed by atoms with Gasteiger partial charge in [-0.3, -0.25) is 4.79 Å². The first kappa shape index (κ1) is 13.1. The van der Waals surface area contributed by atoms with Gasteiger partial charge in [0, 0.05) is 12.1 Å². The Morgan fingerprint density at radius 2 is 2.06 bits per heavy atom. The summed E-state index contributed by atoms with van der Waals surface area (Å²) in [6.07, 6.45) is 6.15. The third-order valence-electron chi connectivity index (χ3n) is 2.40. The van der Waals surface area contributed by atoms with Crippen LogP contribution in [0.4, 0.5) is 0 Å². The highest BCUT2D eigenvalue weighted by atomic mass is 16.5. The van der Waals surface area contributed by atoms with Crippen molar-refractivity contribution in [2.45, 2.75) is 13.3 Å². The predicted octanol–water partition coefficient (Wildman–Crippen LogP) is 2.18. The largest absolute Gasteiger partial charge is 0.497 e. The molecule has 0 aromatic heterocycles. The average molecular weight is 231 g/mol. The first-order chi connectivity index (χ1) is 8.22. The van der Waals surface area contributed by atoms with Crippen molar-refractivity contribution in [3.63, 3.8) is 0 Å². The Bertz CT molecular complexity index is 403. The number of terminal acetylenes is 1. The van der Waals surface area contributed by atoms with Crippen molar-refractivity contribution >= 4 is 5.91 Å². The molecule has 0 atom stereocenters. The maximum Gasteiger partial charge on any atom is 0.254 e. The summed E-state index contributed by atoms with van der Waals surface area (Å²) in [5, 5.41) is 0. The molecule has 0 spiro atoms. The van der Waals surface area contributed by atoms with Gasteiger partial charge in [0.05, 0.1) is 13.7 Å². The molecular weight excluding hydrogens is 214 g/mol. The summed E-state index contributed by atoms with van der Waals surface area (Å²) in [4.78, 5) is 13.8. The summed E-state index contributed by atoms with van der Waals surface area (Å²) >= 11 is 0. The zero-order chi connectivity index (χ0) is 12.7. The Morgan fingerprint density at radius 3 is 2.53 bits per heavy atom. The van der Waals surface area contributed by atoms with Gasteiger partial charge in [-0.2, -0.15) is 0 Å². The Balaban J connectivity index is 2.81. The Kier molecular flexibility index (Phi) is 5.09. The number of amides is 1. The minimum Gasteiger partial charge on any atom is -0.497 e. The normalized spacial score (nSPS) is 9.47. The maximum absolute atomic E-state index is 12.1. The van der Waals surface area contributed by atoms with Crippen LogP contribution in [0.1, 0.15) is 23.7 Å². The van der Waals surface area contributed by atoms with E-state index in [1.54, 1.807) is 36.3 Å². The monoisotopic (exact) mass is 231 g/mol. The topological polar surface area (TPSA) is 29.5 Å². The summed E-state index contributed by atoms with van der Waals surface area (Å²) in [6.45, 7) is 3.04. The molecule has 0 saturated carbocycles. The van der Waals surface area contributed by atoms with Crippen molar-refractivity contribution in [1.82, 2.24) is 4.90 Å². The van der Waals surface area contributed by atoms with Crippen molar-refractivity contribution in [1.29, 1.82) is 0 Å². The number of benzene rings is 1. The molecule has 0 aliphatic rings. The Labute approximate surface area is 102 Å². The average Bonchev–Trinajstić information content (AvgIpc) is 2.38. The molecule has 17 heavy (non-hydrogen) atoms. The molecule has 0 saturated heterocycles. The van der Waals surface area contributed by atoms with Crippen LogP contribution in [0.25, 0.3) is 0 Å². The van der Waals surface area contributed by atoms with E-state index in [4.69, 9.17) is 11.2 Å². The third-order valence-corrected chi connectivity index (χ3v) is 2.40. The van der Waals surface area contributed by atoms with Crippen molar-refractivity contribution in [3.05, 3.63) is 29.8 Å². The van der Waals surface area contributed by atoms with Crippen LogP contribution in [0.15, 0.2) is 24.3 Å². The highest BCUT2D eigenvalue weighted by molar-refractivity contribution is 5.94. The molecule has 1 rings (SSSR count). The first-order valence-corrected chi connectivity index (χ1v) is 5.59. The highest BCUT2D eigenvalue weighted by Crippen LogP contribution is 2.13. The number of ether oxygens (including phenoxy) is 1. The van der Waals surface area contributed by atoms with Crippen LogP contribution in [0.2, 0.25) is 0 Å². The SMILES string of the molecule is C#CCN(CCC)C(=O)c1ccc(OC)cc1. The Hall–Kier alpha value is -1.95. The molecule has 0 bridgehead atoms. The van der Waals surface area contributed by atoms with E-state index >= 15 is 0 Å². The number of hydrogen-bond donors (Lipinski definition) is 0. The van der Waals surface area contributed by atoms with Gasteiger partial charge in [-0.25, -0.2) is 0 Å². The first-order valence-electron chi connectivity index (χ1n) is 5.59. The van der Waals surface area contributed by atoms with E-state index in [0.29, 0.717) is 18.7 Å². The fraction of sp³-hybridized carbons (Fsp3) is 0.357. The zero-order valence-electron chi connectivity index (χ0n) is 10.3.